The van der Waals surface area contributed by atoms with Gasteiger partial charge in [-0.15, -0.1) is 0 Å². The van der Waals surface area contributed by atoms with Crippen LogP contribution in [0.15, 0.2) is 65.5 Å². The molecule has 2 aromatic carbocycles. The van der Waals surface area contributed by atoms with Crippen LogP contribution in [0.2, 0.25) is 0 Å². The van der Waals surface area contributed by atoms with Gasteiger partial charge in [0, 0.05) is 29.8 Å². The van der Waals surface area contributed by atoms with Gasteiger partial charge in [-0.1, -0.05) is 30.3 Å². The molecule has 1 amide bonds. The number of amides is 1. The SMILES string of the molecule is CC(C(=O)Nc1ccc(C(C)(F)F)cc1)n1nc(-c2ccccc2C(F)(F)F)ccc1=O. The molecule has 3 aromatic rings. The summed E-state index contributed by atoms with van der Waals surface area (Å²) >= 11 is 0. The van der Waals surface area contributed by atoms with Crippen LogP contribution in [0, 0.1) is 0 Å². The number of aromatic nitrogens is 2. The topological polar surface area (TPSA) is 64.0 Å². The molecule has 1 unspecified atom stereocenters. The Balaban J connectivity index is 1.89. The number of anilines is 1. The summed E-state index contributed by atoms with van der Waals surface area (Å²) in [7, 11) is 0. The van der Waals surface area contributed by atoms with E-state index >= 15 is 0 Å². The molecule has 10 heteroatoms. The highest BCUT2D eigenvalue weighted by Gasteiger charge is 2.34. The molecule has 0 saturated carbocycles. The number of alkyl halides is 5. The molecule has 1 heterocycles. The number of hydrogen-bond acceptors (Lipinski definition) is 3. The van der Waals surface area contributed by atoms with E-state index < -0.39 is 35.2 Å². The highest BCUT2D eigenvalue weighted by molar-refractivity contribution is 5.93. The predicted molar refractivity (Wildman–Crippen MR) is 108 cm³/mol. The average Bonchev–Trinajstić information content (AvgIpc) is 2.72. The monoisotopic (exact) mass is 451 g/mol. The summed E-state index contributed by atoms with van der Waals surface area (Å²) in [5.41, 5.74) is -2.02. The quantitative estimate of drug-likeness (QED) is 0.540. The predicted octanol–water partition coefficient (Wildman–Crippen LogP) is 5.24. The van der Waals surface area contributed by atoms with E-state index in [0.29, 0.717) is 0 Å². The highest BCUT2D eigenvalue weighted by atomic mass is 19.4. The number of rotatable bonds is 5. The van der Waals surface area contributed by atoms with Crippen molar-refractivity contribution < 1.29 is 26.7 Å². The number of carbonyl (C=O) groups excluding carboxylic acids is 1. The van der Waals surface area contributed by atoms with Crippen molar-refractivity contribution in [3.63, 3.8) is 0 Å². The molecule has 0 aliphatic carbocycles. The molecule has 1 aromatic heterocycles. The number of nitrogens with zero attached hydrogens (tertiary/aromatic N) is 2. The maximum absolute atomic E-state index is 13.3. The van der Waals surface area contributed by atoms with Crippen molar-refractivity contribution in [1.29, 1.82) is 0 Å². The van der Waals surface area contributed by atoms with Gasteiger partial charge in [0.25, 0.3) is 11.5 Å². The van der Waals surface area contributed by atoms with E-state index in [1.54, 1.807) is 0 Å². The summed E-state index contributed by atoms with van der Waals surface area (Å²) in [5.74, 6) is -3.74. The normalized spacial score (nSPS) is 13.0. The summed E-state index contributed by atoms with van der Waals surface area (Å²) in [6, 6.07) is 10.6. The molecule has 5 nitrogen and oxygen atoms in total. The molecule has 168 valence electrons. The second-order valence-corrected chi connectivity index (χ2v) is 7.18. The molecular formula is C22H18F5N3O2. The molecule has 0 spiro atoms. The molecule has 3 rings (SSSR count). The van der Waals surface area contributed by atoms with Gasteiger partial charge in [0.15, 0.2) is 0 Å². The van der Waals surface area contributed by atoms with Crippen LogP contribution >= 0.6 is 0 Å². The van der Waals surface area contributed by atoms with Gasteiger partial charge in [0.05, 0.1) is 11.3 Å². The van der Waals surface area contributed by atoms with Gasteiger partial charge in [-0.2, -0.15) is 18.3 Å². The summed E-state index contributed by atoms with van der Waals surface area (Å²) in [4.78, 5) is 24.8. The standard InChI is InChI=1S/C22H18F5N3O2/c1-13(20(32)28-15-9-7-14(8-10-15)21(2,23)24)30-19(31)12-11-18(29-30)16-5-3-4-6-17(16)22(25,26)27/h3-13H,1-2H3,(H,28,32). The van der Waals surface area contributed by atoms with Crippen LogP contribution in [0.3, 0.4) is 0 Å². The van der Waals surface area contributed by atoms with Crippen molar-refractivity contribution in [2.24, 2.45) is 0 Å². The van der Waals surface area contributed by atoms with E-state index in [1.165, 1.54) is 37.3 Å². The van der Waals surface area contributed by atoms with Gasteiger partial charge in [0.1, 0.15) is 6.04 Å². The third kappa shape index (κ3) is 5.01. The van der Waals surface area contributed by atoms with E-state index in [4.69, 9.17) is 0 Å². The first-order valence-corrected chi connectivity index (χ1v) is 9.43. The first-order chi connectivity index (χ1) is 14.9. The third-order valence-electron chi connectivity index (χ3n) is 4.74. The maximum Gasteiger partial charge on any atom is 0.417 e. The number of halogens is 5. The van der Waals surface area contributed by atoms with Crippen molar-refractivity contribution in [2.45, 2.75) is 32.0 Å². The largest absolute Gasteiger partial charge is 0.417 e. The number of benzene rings is 2. The van der Waals surface area contributed by atoms with Crippen LogP contribution < -0.4 is 10.9 Å². The van der Waals surface area contributed by atoms with Crippen LogP contribution in [-0.4, -0.2) is 15.7 Å². The van der Waals surface area contributed by atoms with Crippen molar-refractivity contribution in [3.05, 3.63) is 82.1 Å². The summed E-state index contributed by atoms with van der Waals surface area (Å²) < 4.78 is 67.4. The molecular weight excluding hydrogens is 433 g/mol. The van der Waals surface area contributed by atoms with Gasteiger partial charge >= 0.3 is 6.18 Å². The lowest BCUT2D eigenvalue weighted by Crippen LogP contribution is -2.33. The lowest BCUT2D eigenvalue weighted by molar-refractivity contribution is -0.137. The lowest BCUT2D eigenvalue weighted by Gasteiger charge is -2.17. The van der Waals surface area contributed by atoms with Crippen molar-refractivity contribution in [1.82, 2.24) is 9.78 Å². The molecule has 0 bridgehead atoms. The van der Waals surface area contributed by atoms with Crippen LogP contribution in [0.4, 0.5) is 27.6 Å². The van der Waals surface area contributed by atoms with Crippen LogP contribution in [0.25, 0.3) is 11.3 Å². The minimum atomic E-state index is -4.64. The Morgan fingerprint density at radius 2 is 1.59 bits per heavy atom. The molecule has 0 aliphatic rings. The van der Waals surface area contributed by atoms with Gasteiger partial charge in [-0.25, -0.2) is 13.5 Å². The second kappa shape index (κ2) is 8.52. The Kier molecular flexibility index (Phi) is 6.16. The highest BCUT2D eigenvalue weighted by Crippen LogP contribution is 2.36. The van der Waals surface area contributed by atoms with E-state index in [2.05, 4.69) is 10.4 Å². The molecule has 0 saturated heterocycles. The van der Waals surface area contributed by atoms with Gasteiger partial charge in [-0.05, 0) is 31.2 Å². The Morgan fingerprint density at radius 1 is 0.969 bits per heavy atom. The molecule has 32 heavy (non-hydrogen) atoms. The fourth-order valence-corrected chi connectivity index (χ4v) is 3.00. The smallest absolute Gasteiger partial charge is 0.324 e. The van der Waals surface area contributed by atoms with Crippen molar-refractivity contribution >= 4 is 11.6 Å². The molecule has 0 radical (unpaired) electrons. The fourth-order valence-electron chi connectivity index (χ4n) is 3.00. The third-order valence-corrected chi connectivity index (χ3v) is 4.74. The Morgan fingerprint density at radius 3 is 2.19 bits per heavy atom. The fraction of sp³-hybridized carbons (Fsp3) is 0.227. The number of carbonyl (C=O) groups is 1. The first-order valence-electron chi connectivity index (χ1n) is 9.43. The first kappa shape index (κ1) is 23.1. The van der Waals surface area contributed by atoms with Crippen molar-refractivity contribution in [3.8, 4) is 11.3 Å². The molecule has 1 N–H and O–H groups in total. The van der Waals surface area contributed by atoms with Gasteiger partial charge < -0.3 is 5.32 Å². The Hall–Kier alpha value is -3.56. The van der Waals surface area contributed by atoms with E-state index in [9.17, 15) is 31.5 Å². The zero-order valence-corrected chi connectivity index (χ0v) is 17.0. The van der Waals surface area contributed by atoms with Gasteiger partial charge in [0.2, 0.25) is 5.91 Å². The van der Waals surface area contributed by atoms with E-state index in [0.717, 1.165) is 41.9 Å². The average molecular weight is 451 g/mol. The minimum Gasteiger partial charge on any atom is -0.324 e. The van der Waals surface area contributed by atoms with Crippen LogP contribution in [-0.2, 0) is 16.9 Å². The summed E-state index contributed by atoms with van der Waals surface area (Å²) in [5, 5.41) is 6.45. The number of hydrogen-bond donors (Lipinski definition) is 1. The lowest BCUT2D eigenvalue weighted by atomic mass is 10.0. The Labute approximate surface area is 179 Å². The zero-order valence-electron chi connectivity index (χ0n) is 17.0. The molecule has 0 aliphatic heterocycles. The van der Waals surface area contributed by atoms with Gasteiger partial charge in [-0.3, -0.25) is 9.59 Å². The Bertz CT molecular complexity index is 1180. The molecule has 1 atom stereocenters. The second-order valence-electron chi connectivity index (χ2n) is 7.18. The van der Waals surface area contributed by atoms with Crippen LogP contribution in [0.1, 0.15) is 31.0 Å². The summed E-state index contributed by atoms with van der Waals surface area (Å²) in [6.45, 7) is 2.09. The maximum atomic E-state index is 13.3. The van der Waals surface area contributed by atoms with Crippen LogP contribution in [0.5, 0.6) is 0 Å². The molecule has 0 fully saturated rings. The summed E-state index contributed by atoms with van der Waals surface area (Å²) in [6.07, 6.45) is -4.64. The van der Waals surface area contributed by atoms with E-state index in [-0.39, 0.29) is 22.5 Å². The zero-order chi connectivity index (χ0) is 23.7. The number of nitrogens with one attached hydrogen (secondary N) is 1. The van der Waals surface area contributed by atoms with E-state index in [1.807, 2.05) is 0 Å². The minimum absolute atomic E-state index is 0.133. The van der Waals surface area contributed by atoms with Crippen molar-refractivity contribution in [2.75, 3.05) is 5.32 Å².